The molecule has 0 saturated carbocycles. The summed E-state index contributed by atoms with van der Waals surface area (Å²) in [5, 5.41) is 0. The standard InChI is InChI=1S/C17H24/c1-5-7-9-16(8-6-2)15(4)17-12-10-14(3)11-13-17/h7-13,15H,5-6H2,1-4H3/b9-7-,16-8+. The summed E-state index contributed by atoms with van der Waals surface area (Å²) >= 11 is 0. The normalized spacial score (nSPS) is 14.2. The smallest absolute Gasteiger partial charge is 0.00577 e. The molecule has 17 heavy (non-hydrogen) atoms. The Balaban J connectivity index is 2.91. The molecule has 0 fully saturated rings. The lowest BCUT2D eigenvalue weighted by atomic mass is 9.91. The number of benzene rings is 1. The molecule has 1 aromatic rings. The Labute approximate surface area is 106 Å². The second kappa shape index (κ2) is 7.11. The van der Waals surface area contributed by atoms with E-state index in [0.717, 1.165) is 12.8 Å². The fourth-order valence-electron chi connectivity index (χ4n) is 1.93. The Kier molecular flexibility index (Phi) is 5.76. The molecule has 0 N–H and O–H groups in total. The van der Waals surface area contributed by atoms with Gasteiger partial charge in [-0.1, -0.05) is 68.8 Å². The van der Waals surface area contributed by atoms with Crippen LogP contribution in [0.3, 0.4) is 0 Å². The fraction of sp³-hybridized carbons (Fsp3) is 0.412. The Morgan fingerprint density at radius 3 is 2.29 bits per heavy atom. The lowest BCUT2D eigenvalue weighted by Gasteiger charge is -2.14. The SMILES string of the molecule is CC/C=C\C(=C/CC)C(C)c1ccc(C)cc1. The minimum Gasteiger partial charge on any atom is -0.0845 e. The van der Waals surface area contributed by atoms with Gasteiger partial charge in [-0.3, -0.25) is 0 Å². The van der Waals surface area contributed by atoms with Gasteiger partial charge in [0.1, 0.15) is 0 Å². The molecule has 0 spiro atoms. The van der Waals surface area contributed by atoms with E-state index in [0.29, 0.717) is 5.92 Å². The van der Waals surface area contributed by atoms with E-state index >= 15 is 0 Å². The topological polar surface area (TPSA) is 0 Å². The van der Waals surface area contributed by atoms with Crippen molar-refractivity contribution in [1.82, 2.24) is 0 Å². The molecule has 1 atom stereocenters. The molecule has 0 radical (unpaired) electrons. The predicted octanol–water partition coefficient (Wildman–Crippen LogP) is 5.40. The van der Waals surface area contributed by atoms with Crippen LogP contribution in [-0.2, 0) is 0 Å². The zero-order chi connectivity index (χ0) is 12.7. The van der Waals surface area contributed by atoms with Gasteiger partial charge in [-0.15, -0.1) is 0 Å². The van der Waals surface area contributed by atoms with Crippen molar-refractivity contribution in [2.45, 2.75) is 46.5 Å². The summed E-state index contributed by atoms with van der Waals surface area (Å²) in [6.07, 6.45) is 9.04. The fourth-order valence-corrected chi connectivity index (χ4v) is 1.93. The first-order valence-electron chi connectivity index (χ1n) is 6.62. The van der Waals surface area contributed by atoms with Gasteiger partial charge < -0.3 is 0 Å². The maximum Gasteiger partial charge on any atom is 0.00577 e. The lowest BCUT2D eigenvalue weighted by Crippen LogP contribution is -1.96. The minimum atomic E-state index is 0.485. The molecule has 0 heteroatoms. The van der Waals surface area contributed by atoms with E-state index < -0.39 is 0 Å². The van der Waals surface area contributed by atoms with Crippen LogP contribution in [0.15, 0.2) is 48.1 Å². The summed E-state index contributed by atoms with van der Waals surface area (Å²) in [7, 11) is 0. The molecule has 0 aromatic heterocycles. The third kappa shape index (κ3) is 4.22. The Bertz CT molecular complexity index is 379. The van der Waals surface area contributed by atoms with Crippen molar-refractivity contribution >= 4 is 0 Å². The van der Waals surface area contributed by atoms with Crippen LogP contribution in [0.5, 0.6) is 0 Å². The third-order valence-corrected chi connectivity index (χ3v) is 3.06. The van der Waals surface area contributed by atoms with E-state index in [1.807, 2.05) is 0 Å². The van der Waals surface area contributed by atoms with Gasteiger partial charge in [-0.05, 0) is 30.9 Å². The van der Waals surface area contributed by atoms with Crippen LogP contribution in [0, 0.1) is 6.92 Å². The van der Waals surface area contributed by atoms with Crippen molar-refractivity contribution in [2.75, 3.05) is 0 Å². The van der Waals surface area contributed by atoms with E-state index in [1.165, 1.54) is 16.7 Å². The van der Waals surface area contributed by atoms with Crippen LogP contribution in [0.4, 0.5) is 0 Å². The maximum absolute atomic E-state index is 2.33. The highest BCUT2D eigenvalue weighted by atomic mass is 14.1. The molecule has 92 valence electrons. The number of aryl methyl sites for hydroxylation is 1. The molecule has 0 aliphatic heterocycles. The second-order valence-corrected chi connectivity index (χ2v) is 4.56. The minimum absolute atomic E-state index is 0.485. The number of allylic oxidation sites excluding steroid dienone is 4. The van der Waals surface area contributed by atoms with Crippen molar-refractivity contribution in [2.24, 2.45) is 0 Å². The van der Waals surface area contributed by atoms with Crippen LogP contribution in [-0.4, -0.2) is 0 Å². The summed E-state index contributed by atoms with van der Waals surface area (Å²) in [6, 6.07) is 8.87. The van der Waals surface area contributed by atoms with Crippen molar-refractivity contribution in [3.63, 3.8) is 0 Å². The highest BCUT2D eigenvalue weighted by molar-refractivity contribution is 5.35. The molecule has 0 bridgehead atoms. The van der Waals surface area contributed by atoms with Gasteiger partial charge in [0.25, 0.3) is 0 Å². The molecule has 0 aliphatic carbocycles. The zero-order valence-electron chi connectivity index (χ0n) is 11.5. The van der Waals surface area contributed by atoms with E-state index in [2.05, 4.69) is 70.2 Å². The second-order valence-electron chi connectivity index (χ2n) is 4.56. The number of rotatable bonds is 5. The predicted molar refractivity (Wildman–Crippen MR) is 77.4 cm³/mol. The van der Waals surface area contributed by atoms with Crippen LogP contribution in [0.1, 0.15) is 50.7 Å². The van der Waals surface area contributed by atoms with Gasteiger partial charge in [0.05, 0.1) is 0 Å². The van der Waals surface area contributed by atoms with Crippen LogP contribution >= 0.6 is 0 Å². The van der Waals surface area contributed by atoms with Crippen LogP contribution < -0.4 is 0 Å². The summed E-state index contributed by atoms with van der Waals surface area (Å²) < 4.78 is 0. The Morgan fingerprint density at radius 2 is 1.76 bits per heavy atom. The van der Waals surface area contributed by atoms with Gasteiger partial charge in [-0.25, -0.2) is 0 Å². The maximum atomic E-state index is 2.33. The molecular formula is C17H24. The first kappa shape index (κ1) is 13.8. The molecule has 1 rings (SSSR count). The Morgan fingerprint density at radius 1 is 1.12 bits per heavy atom. The van der Waals surface area contributed by atoms with Gasteiger partial charge in [0.15, 0.2) is 0 Å². The highest BCUT2D eigenvalue weighted by Gasteiger charge is 2.08. The molecule has 0 heterocycles. The summed E-state index contributed by atoms with van der Waals surface area (Å²) in [4.78, 5) is 0. The quantitative estimate of drug-likeness (QED) is 0.592. The summed E-state index contributed by atoms with van der Waals surface area (Å²) in [5.74, 6) is 0.485. The highest BCUT2D eigenvalue weighted by Crippen LogP contribution is 2.25. The molecule has 1 aromatic carbocycles. The average molecular weight is 228 g/mol. The van der Waals surface area contributed by atoms with E-state index in [1.54, 1.807) is 0 Å². The monoisotopic (exact) mass is 228 g/mol. The molecule has 0 nitrogen and oxygen atoms in total. The Hall–Kier alpha value is -1.30. The van der Waals surface area contributed by atoms with E-state index in [-0.39, 0.29) is 0 Å². The van der Waals surface area contributed by atoms with Crippen molar-refractivity contribution in [3.8, 4) is 0 Å². The zero-order valence-corrected chi connectivity index (χ0v) is 11.5. The summed E-state index contributed by atoms with van der Waals surface area (Å²) in [5.41, 5.74) is 4.15. The molecule has 0 aliphatic rings. The van der Waals surface area contributed by atoms with Crippen molar-refractivity contribution in [3.05, 3.63) is 59.2 Å². The van der Waals surface area contributed by atoms with Crippen molar-refractivity contribution < 1.29 is 0 Å². The van der Waals surface area contributed by atoms with Gasteiger partial charge in [0.2, 0.25) is 0 Å². The van der Waals surface area contributed by atoms with E-state index in [9.17, 15) is 0 Å². The van der Waals surface area contributed by atoms with Gasteiger partial charge >= 0.3 is 0 Å². The number of hydrogen-bond donors (Lipinski definition) is 0. The molecule has 1 unspecified atom stereocenters. The van der Waals surface area contributed by atoms with Crippen LogP contribution in [0.2, 0.25) is 0 Å². The summed E-state index contributed by atoms with van der Waals surface area (Å²) in [6.45, 7) is 8.79. The third-order valence-electron chi connectivity index (χ3n) is 3.06. The number of hydrogen-bond acceptors (Lipinski definition) is 0. The van der Waals surface area contributed by atoms with Gasteiger partial charge in [-0.2, -0.15) is 0 Å². The van der Waals surface area contributed by atoms with Crippen LogP contribution in [0.25, 0.3) is 0 Å². The first-order chi connectivity index (χ1) is 8.19. The average Bonchev–Trinajstić information content (AvgIpc) is 2.34. The van der Waals surface area contributed by atoms with Gasteiger partial charge in [0, 0.05) is 5.92 Å². The molecular weight excluding hydrogens is 204 g/mol. The lowest BCUT2D eigenvalue weighted by molar-refractivity contribution is 0.907. The van der Waals surface area contributed by atoms with E-state index in [4.69, 9.17) is 0 Å². The van der Waals surface area contributed by atoms with Crippen molar-refractivity contribution in [1.29, 1.82) is 0 Å². The largest absolute Gasteiger partial charge is 0.0845 e. The molecule has 0 amide bonds. The first-order valence-corrected chi connectivity index (χ1v) is 6.62. The molecule has 0 saturated heterocycles.